The van der Waals surface area contributed by atoms with Crippen LogP contribution in [0.15, 0.2) is 41.8 Å². The van der Waals surface area contributed by atoms with Gasteiger partial charge < -0.3 is 10.6 Å². The van der Waals surface area contributed by atoms with E-state index in [1.54, 1.807) is 0 Å². The molecule has 3 nitrogen and oxygen atoms in total. The highest BCUT2D eigenvalue weighted by Crippen LogP contribution is 2.29. The molecule has 0 radical (unpaired) electrons. The number of rotatable bonds is 8. The lowest BCUT2D eigenvalue weighted by atomic mass is 9.91. The molecule has 2 aromatic carbocycles. The molecule has 1 aromatic heterocycles. The van der Waals surface area contributed by atoms with Gasteiger partial charge in [-0.05, 0) is 91.6 Å². The monoisotopic (exact) mass is 420 g/mol. The zero-order valence-electron chi connectivity index (χ0n) is 18.3. The predicted octanol–water partition coefficient (Wildman–Crippen LogP) is 5.99. The van der Waals surface area contributed by atoms with E-state index in [0.717, 1.165) is 56.3 Å². The number of hydrogen-bond donors (Lipinski definition) is 1. The zero-order valence-corrected chi connectivity index (χ0v) is 19.1. The van der Waals surface area contributed by atoms with Crippen molar-refractivity contribution in [3.63, 3.8) is 0 Å². The quantitative estimate of drug-likeness (QED) is 0.455. The standard InChI is InChI=1S/C26H32N2OS/c1-18-14-21-16-28(25(29)23(21)15-19(18)2)13-12-26(3,27)11-7-6-8-20-17-30-24-10-5-4-9-22(20)24/h4-5,9-10,14-15,17H,6-8,11-13,16,27H2,1-3H3. The second kappa shape index (κ2) is 8.52. The van der Waals surface area contributed by atoms with Gasteiger partial charge in [-0.25, -0.2) is 0 Å². The Morgan fingerprint density at radius 1 is 1.10 bits per heavy atom. The van der Waals surface area contributed by atoms with Crippen LogP contribution < -0.4 is 5.73 Å². The number of thiophene rings is 1. The van der Waals surface area contributed by atoms with E-state index in [1.165, 1.54) is 26.8 Å². The van der Waals surface area contributed by atoms with Gasteiger partial charge in [0.05, 0.1) is 0 Å². The molecule has 0 fully saturated rings. The number of unbranched alkanes of at least 4 members (excludes halogenated alkanes) is 1. The molecular formula is C26H32N2OS. The molecule has 2 N–H and O–H groups in total. The van der Waals surface area contributed by atoms with Gasteiger partial charge in [-0.3, -0.25) is 4.79 Å². The Labute approximate surface area is 183 Å². The van der Waals surface area contributed by atoms with Crippen molar-refractivity contribution in [2.75, 3.05) is 6.54 Å². The minimum absolute atomic E-state index is 0.160. The first kappa shape index (κ1) is 21.1. The third-order valence-electron chi connectivity index (χ3n) is 6.56. The van der Waals surface area contributed by atoms with Gasteiger partial charge in [0, 0.05) is 28.9 Å². The van der Waals surface area contributed by atoms with Crippen LogP contribution >= 0.6 is 11.3 Å². The first-order valence-electron chi connectivity index (χ1n) is 11.0. The molecule has 0 saturated carbocycles. The number of amides is 1. The van der Waals surface area contributed by atoms with Crippen LogP contribution in [-0.4, -0.2) is 22.9 Å². The molecule has 0 saturated heterocycles. The maximum absolute atomic E-state index is 12.8. The third kappa shape index (κ3) is 4.45. The Hall–Kier alpha value is -2.17. The van der Waals surface area contributed by atoms with E-state index in [2.05, 4.69) is 56.5 Å². The smallest absolute Gasteiger partial charge is 0.254 e. The zero-order chi connectivity index (χ0) is 21.3. The Bertz CT molecular complexity index is 1070. The lowest BCUT2D eigenvalue weighted by molar-refractivity contribution is 0.0766. The average molecular weight is 421 g/mol. The topological polar surface area (TPSA) is 46.3 Å². The van der Waals surface area contributed by atoms with Crippen LogP contribution in [0.25, 0.3) is 10.1 Å². The molecule has 4 rings (SSSR count). The van der Waals surface area contributed by atoms with E-state index in [9.17, 15) is 4.79 Å². The van der Waals surface area contributed by atoms with Gasteiger partial charge in [-0.15, -0.1) is 11.3 Å². The third-order valence-corrected chi connectivity index (χ3v) is 7.57. The van der Waals surface area contributed by atoms with Crippen molar-refractivity contribution in [2.24, 2.45) is 5.73 Å². The van der Waals surface area contributed by atoms with Gasteiger partial charge in [0.2, 0.25) is 0 Å². The number of hydrogen-bond acceptors (Lipinski definition) is 3. The van der Waals surface area contributed by atoms with Gasteiger partial charge >= 0.3 is 0 Å². The van der Waals surface area contributed by atoms with E-state index in [1.807, 2.05) is 22.3 Å². The predicted molar refractivity (Wildman–Crippen MR) is 127 cm³/mol. The highest BCUT2D eigenvalue weighted by Gasteiger charge is 2.29. The summed E-state index contributed by atoms with van der Waals surface area (Å²) in [5.41, 5.74) is 12.3. The number of benzene rings is 2. The summed E-state index contributed by atoms with van der Waals surface area (Å²) in [4.78, 5) is 14.7. The molecule has 0 spiro atoms. The lowest BCUT2D eigenvalue weighted by Crippen LogP contribution is -2.40. The van der Waals surface area contributed by atoms with Crippen molar-refractivity contribution < 1.29 is 4.79 Å². The lowest BCUT2D eigenvalue weighted by Gasteiger charge is -2.27. The summed E-state index contributed by atoms with van der Waals surface area (Å²) >= 11 is 1.83. The Balaban J connectivity index is 1.25. The number of carbonyl (C=O) groups is 1. The van der Waals surface area contributed by atoms with Crippen LogP contribution in [-0.2, 0) is 13.0 Å². The summed E-state index contributed by atoms with van der Waals surface area (Å²) in [6.07, 6.45) is 5.21. The van der Waals surface area contributed by atoms with Gasteiger partial charge in [-0.2, -0.15) is 0 Å². The normalized spacial score (nSPS) is 15.6. The molecule has 1 unspecified atom stereocenters. The maximum Gasteiger partial charge on any atom is 0.254 e. The number of fused-ring (bicyclic) bond motifs is 2. The van der Waals surface area contributed by atoms with E-state index >= 15 is 0 Å². The van der Waals surface area contributed by atoms with Gasteiger partial charge in [0.1, 0.15) is 0 Å². The first-order valence-corrected chi connectivity index (χ1v) is 11.9. The fourth-order valence-electron chi connectivity index (χ4n) is 4.42. The molecule has 1 amide bonds. The summed E-state index contributed by atoms with van der Waals surface area (Å²) in [6, 6.07) is 12.9. The summed E-state index contributed by atoms with van der Waals surface area (Å²) in [7, 11) is 0. The fourth-order valence-corrected chi connectivity index (χ4v) is 5.42. The minimum atomic E-state index is -0.238. The second-order valence-electron chi connectivity index (χ2n) is 9.19. The number of aryl methyl sites for hydroxylation is 3. The van der Waals surface area contributed by atoms with Crippen molar-refractivity contribution in [1.82, 2.24) is 4.90 Å². The van der Waals surface area contributed by atoms with Crippen molar-refractivity contribution >= 4 is 27.3 Å². The van der Waals surface area contributed by atoms with Crippen LogP contribution in [0.5, 0.6) is 0 Å². The van der Waals surface area contributed by atoms with Crippen LogP contribution in [0.4, 0.5) is 0 Å². The summed E-state index contributed by atoms with van der Waals surface area (Å²) in [5, 5.41) is 3.70. The molecule has 1 aliphatic heterocycles. The SMILES string of the molecule is Cc1cc2c(cc1C)C(=O)N(CCC(C)(N)CCCCc1csc3ccccc13)C2. The first-order chi connectivity index (χ1) is 14.3. The van der Waals surface area contributed by atoms with Crippen molar-refractivity contribution in [3.05, 3.63) is 69.6 Å². The van der Waals surface area contributed by atoms with Gasteiger partial charge in [-0.1, -0.05) is 30.7 Å². The molecule has 1 aliphatic rings. The molecule has 0 bridgehead atoms. The molecule has 0 aliphatic carbocycles. The summed E-state index contributed by atoms with van der Waals surface area (Å²) < 4.78 is 1.37. The van der Waals surface area contributed by atoms with Crippen LogP contribution in [0.1, 0.15) is 65.2 Å². The molecule has 4 heteroatoms. The average Bonchev–Trinajstić information content (AvgIpc) is 3.26. The van der Waals surface area contributed by atoms with Gasteiger partial charge in [0.15, 0.2) is 0 Å². The van der Waals surface area contributed by atoms with E-state index < -0.39 is 0 Å². The maximum atomic E-state index is 12.8. The highest BCUT2D eigenvalue weighted by atomic mass is 32.1. The van der Waals surface area contributed by atoms with Crippen molar-refractivity contribution in [1.29, 1.82) is 0 Å². The highest BCUT2D eigenvalue weighted by molar-refractivity contribution is 7.17. The van der Waals surface area contributed by atoms with Crippen LogP contribution in [0.2, 0.25) is 0 Å². The van der Waals surface area contributed by atoms with Crippen LogP contribution in [0, 0.1) is 13.8 Å². The van der Waals surface area contributed by atoms with Crippen LogP contribution in [0.3, 0.4) is 0 Å². The summed E-state index contributed by atoms with van der Waals surface area (Å²) in [5.74, 6) is 0.160. The fraction of sp³-hybridized carbons (Fsp3) is 0.423. The number of nitrogens with zero attached hydrogens (tertiary/aromatic N) is 1. The largest absolute Gasteiger partial charge is 0.334 e. The molecule has 158 valence electrons. The molecule has 3 aromatic rings. The second-order valence-corrected chi connectivity index (χ2v) is 10.1. The van der Waals surface area contributed by atoms with E-state index in [0.29, 0.717) is 0 Å². The van der Waals surface area contributed by atoms with E-state index in [-0.39, 0.29) is 11.4 Å². The minimum Gasteiger partial charge on any atom is -0.334 e. The molecule has 2 heterocycles. The Kier molecular flexibility index (Phi) is 5.99. The number of nitrogens with two attached hydrogens (primary N) is 1. The number of carbonyl (C=O) groups excluding carboxylic acids is 1. The molecular weight excluding hydrogens is 388 g/mol. The molecule has 30 heavy (non-hydrogen) atoms. The molecule has 1 atom stereocenters. The van der Waals surface area contributed by atoms with Crippen molar-refractivity contribution in [3.8, 4) is 0 Å². The van der Waals surface area contributed by atoms with Gasteiger partial charge in [0.25, 0.3) is 5.91 Å². The van der Waals surface area contributed by atoms with E-state index in [4.69, 9.17) is 5.73 Å². The Morgan fingerprint density at radius 3 is 2.70 bits per heavy atom. The van der Waals surface area contributed by atoms with Crippen molar-refractivity contribution in [2.45, 2.75) is 65.0 Å². The Morgan fingerprint density at radius 2 is 1.87 bits per heavy atom. The summed E-state index contributed by atoms with van der Waals surface area (Å²) in [6.45, 7) is 7.76.